The SMILES string of the molecule is C=CCn1cc[n+](CCN(C)C)c1. The van der Waals surface area contributed by atoms with E-state index in [9.17, 15) is 0 Å². The normalized spacial score (nSPS) is 10.7. The van der Waals surface area contributed by atoms with E-state index in [0.29, 0.717) is 0 Å². The van der Waals surface area contributed by atoms with Gasteiger partial charge in [0.1, 0.15) is 25.5 Å². The van der Waals surface area contributed by atoms with Crippen LogP contribution in [0.2, 0.25) is 0 Å². The number of likely N-dealkylation sites (N-methyl/N-ethyl adjacent to an activating group) is 1. The molecule has 3 nitrogen and oxygen atoms in total. The van der Waals surface area contributed by atoms with E-state index in [1.165, 1.54) is 0 Å². The van der Waals surface area contributed by atoms with Crippen molar-refractivity contribution < 1.29 is 4.57 Å². The lowest BCUT2D eigenvalue weighted by molar-refractivity contribution is -0.695. The van der Waals surface area contributed by atoms with Crippen LogP contribution in [0.15, 0.2) is 31.4 Å². The third-order valence-electron chi connectivity index (χ3n) is 1.89. The van der Waals surface area contributed by atoms with Gasteiger partial charge >= 0.3 is 0 Å². The minimum atomic E-state index is 0.884. The first-order valence-corrected chi connectivity index (χ1v) is 4.53. The van der Waals surface area contributed by atoms with Crippen LogP contribution in [0, 0.1) is 0 Å². The topological polar surface area (TPSA) is 12.0 Å². The summed E-state index contributed by atoms with van der Waals surface area (Å²) in [4.78, 5) is 2.18. The van der Waals surface area contributed by atoms with Crippen molar-refractivity contribution in [3.05, 3.63) is 31.4 Å². The van der Waals surface area contributed by atoms with Gasteiger partial charge in [0.05, 0.1) is 0 Å². The Labute approximate surface area is 79.9 Å². The van der Waals surface area contributed by atoms with Crippen molar-refractivity contribution in [1.82, 2.24) is 9.47 Å². The molecule has 0 spiro atoms. The molecule has 0 saturated carbocycles. The molecular formula is C10H18N3+. The molecule has 1 aromatic rings. The Bertz CT molecular complexity index is 263. The Morgan fingerprint density at radius 3 is 2.92 bits per heavy atom. The summed E-state index contributed by atoms with van der Waals surface area (Å²) in [5.74, 6) is 0. The quantitative estimate of drug-likeness (QED) is 0.475. The first-order valence-electron chi connectivity index (χ1n) is 4.53. The molecule has 1 rings (SSSR count). The molecule has 0 bridgehead atoms. The van der Waals surface area contributed by atoms with Crippen molar-refractivity contribution >= 4 is 0 Å². The van der Waals surface area contributed by atoms with Gasteiger partial charge in [0.2, 0.25) is 6.33 Å². The van der Waals surface area contributed by atoms with Crippen LogP contribution in [-0.2, 0) is 13.1 Å². The summed E-state index contributed by atoms with van der Waals surface area (Å²) in [6.07, 6.45) is 8.16. The number of hydrogen-bond acceptors (Lipinski definition) is 1. The number of rotatable bonds is 5. The first kappa shape index (κ1) is 9.99. The highest BCUT2D eigenvalue weighted by Gasteiger charge is 2.01. The summed E-state index contributed by atoms with van der Waals surface area (Å²) in [6.45, 7) is 6.70. The van der Waals surface area contributed by atoms with E-state index in [1.807, 2.05) is 6.08 Å². The van der Waals surface area contributed by atoms with Gasteiger partial charge in [-0.25, -0.2) is 9.13 Å². The summed E-state index contributed by atoms with van der Waals surface area (Å²) in [6, 6.07) is 0. The maximum Gasteiger partial charge on any atom is 0.244 e. The van der Waals surface area contributed by atoms with Gasteiger partial charge in [0, 0.05) is 6.54 Å². The third kappa shape index (κ3) is 3.42. The van der Waals surface area contributed by atoms with Gasteiger partial charge in [-0.3, -0.25) is 0 Å². The van der Waals surface area contributed by atoms with E-state index in [4.69, 9.17) is 0 Å². The molecule has 0 amide bonds. The molecule has 0 atom stereocenters. The highest BCUT2D eigenvalue weighted by Crippen LogP contribution is 1.85. The van der Waals surface area contributed by atoms with Gasteiger partial charge in [-0.2, -0.15) is 0 Å². The van der Waals surface area contributed by atoms with Gasteiger partial charge < -0.3 is 4.90 Å². The number of nitrogens with zero attached hydrogens (tertiary/aromatic N) is 3. The monoisotopic (exact) mass is 180 g/mol. The predicted octanol–water partition coefficient (Wildman–Crippen LogP) is 0.523. The number of allylic oxidation sites excluding steroid dienone is 1. The van der Waals surface area contributed by atoms with Crippen molar-refractivity contribution in [3.63, 3.8) is 0 Å². The molecule has 1 aromatic heterocycles. The van der Waals surface area contributed by atoms with Gasteiger partial charge in [0.15, 0.2) is 0 Å². The molecule has 0 fully saturated rings. The zero-order chi connectivity index (χ0) is 9.68. The van der Waals surface area contributed by atoms with Crippen LogP contribution in [0.4, 0.5) is 0 Å². The summed E-state index contributed by atoms with van der Waals surface area (Å²) >= 11 is 0. The Morgan fingerprint density at radius 2 is 2.31 bits per heavy atom. The molecule has 0 unspecified atom stereocenters. The molecule has 3 heteroatoms. The van der Waals surface area contributed by atoms with E-state index in [1.54, 1.807) is 0 Å². The molecule has 0 saturated heterocycles. The number of hydrogen-bond donors (Lipinski definition) is 0. The maximum atomic E-state index is 3.70. The molecule has 0 aromatic carbocycles. The Kier molecular flexibility index (Phi) is 3.71. The van der Waals surface area contributed by atoms with Gasteiger partial charge in [-0.1, -0.05) is 12.7 Å². The highest BCUT2D eigenvalue weighted by molar-refractivity contribution is 4.73. The van der Waals surface area contributed by atoms with Crippen LogP contribution in [0.1, 0.15) is 0 Å². The lowest BCUT2D eigenvalue weighted by Crippen LogP contribution is -2.36. The van der Waals surface area contributed by atoms with Crippen LogP contribution in [0.25, 0.3) is 0 Å². The van der Waals surface area contributed by atoms with Crippen LogP contribution in [-0.4, -0.2) is 30.1 Å². The van der Waals surface area contributed by atoms with E-state index in [0.717, 1.165) is 19.6 Å². The lowest BCUT2D eigenvalue weighted by atomic mass is 10.6. The van der Waals surface area contributed by atoms with Gasteiger partial charge in [0.25, 0.3) is 0 Å². The van der Waals surface area contributed by atoms with Crippen molar-refractivity contribution in [3.8, 4) is 0 Å². The standard InChI is InChI=1S/C10H18N3/c1-4-5-12-8-9-13(10-12)7-6-11(2)3/h4,8-10H,1,5-7H2,2-3H3/q+1. The molecule has 0 aliphatic rings. The molecule has 0 radical (unpaired) electrons. The molecule has 0 aliphatic carbocycles. The fourth-order valence-corrected chi connectivity index (χ4v) is 1.14. The average Bonchev–Trinajstić information content (AvgIpc) is 2.50. The molecule has 72 valence electrons. The van der Waals surface area contributed by atoms with E-state index in [-0.39, 0.29) is 0 Å². The van der Waals surface area contributed by atoms with E-state index >= 15 is 0 Å². The van der Waals surface area contributed by atoms with E-state index < -0.39 is 0 Å². The van der Waals surface area contributed by atoms with Crippen LogP contribution in [0.5, 0.6) is 0 Å². The van der Waals surface area contributed by atoms with Crippen molar-refractivity contribution in [2.45, 2.75) is 13.1 Å². The third-order valence-corrected chi connectivity index (χ3v) is 1.89. The Morgan fingerprint density at radius 1 is 1.54 bits per heavy atom. The second kappa shape index (κ2) is 4.82. The number of aromatic nitrogens is 2. The fraction of sp³-hybridized carbons (Fsp3) is 0.500. The number of imidazole rings is 1. The fourth-order valence-electron chi connectivity index (χ4n) is 1.14. The predicted molar refractivity (Wildman–Crippen MR) is 53.4 cm³/mol. The minimum Gasteiger partial charge on any atom is -0.305 e. The summed E-state index contributed by atoms with van der Waals surface area (Å²) < 4.78 is 4.30. The molecule has 1 heterocycles. The smallest absolute Gasteiger partial charge is 0.244 e. The van der Waals surface area contributed by atoms with Crippen LogP contribution < -0.4 is 4.57 Å². The average molecular weight is 180 g/mol. The first-order chi connectivity index (χ1) is 6.22. The summed E-state index contributed by atoms with van der Waals surface area (Å²) in [5, 5.41) is 0. The summed E-state index contributed by atoms with van der Waals surface area (Å²) in [5.41, 5.74) is 0. The van der Waals surface area contributed by atoms with Crippen molar-refractivity contribution in [2.24, 2.45) is 0 Å². The second-order valence-corrected chi connectivity index (χ2v) is 3.44. The van der Waals surface area contributed by atoms with Gasteiger partial charge in [-0.15, -0.1) is 0 Å². The summed E-state index contributed by atoms with van der Waals surface area (Å²) in [7, 11) is 4.17. The molecule has 0 aliphatic heterocycles. The second-order valence-electron chi connectivity index (χ2n) is 3.44. The molecule has 0 N–H and O–H groups in total. The zero-order valence-electron chi connectivity index (χ0n) is 8.48. The minimum absolute atomic E-state index is 0.884. The highest BCUT2D eigenvalue weighted by atomic mass is 15.1. The van der Waals surface area contributed by atoms with Gasteiger partial charge in [-0.05, 0) is 14.1 Å². The van der Waals surface area contributed by atoms with Crippen molar-refractivity contribution in [2.75, 3.05) is 20.6 Å². The lowest BCUT2D eigenvalue weighted by Gasteiger charge is -2.05. The Hall–Kier alpha value is -1.09. The zero-order valence-corrected chi connectivity index (χ0v) is 8.48. The van der Waals surface area contributed by atoms with Crippen LogP contribution >= 0.6 is 0 Å². The van der Waals surface area contributed by atoms with Crippen molar-refractivity contribution in [1.29, 1.82) is 0 Å². The van der Waals surface area contributed by atoms with E-state index in [2.05, 4.69) is 53.4 Å². The molecule has 13 heavy (non-hydrogen) atoms. The molecular weight excluding hydrogens is 162 g/mol. The Balaban J connectivity index is 2.44. The largest absolute Gasteiger partial charge is 0.305 e. The van der Waals surface area contributed by atoms with Crippen LogP contribution in [0.3, 0.4) is 0 Å². The maximum absolute atomic E-state index is 3.70.